The van der Waals surface area contributed by atoms with Crippen LogP contribution in [0.15, 0.2) is 22.7 Å². The van der Waals surface area contributed by atoms with E-state index in [-0.39, 0.29) is 19.0 Å². The predicted octanol–water partition coefficient (Wildman–Crippen LogP) is 1.63. The second-order valence-corrected chi connectivity index (χ2v) is 5.28. The zero-order valence-electron chi connectivity index (χ0n) is 8.74. The van der Waals surface area contributed by atoms with E-state index in [0.717, 1.165) is 15.7 Å². The second-order valence-electron chi connectivity index (χ2n) is 4.36. The standard InChI is InChI=1S/C11H9BrN2O3/c12-6-1-2-8-7(3-6)11(9(15)13-8)4-14(5-11)10(16)17/h1-3H,4-5H2,(H,13,15)(H,16,17). The van der Waals surface area contributed by atoms with Gasteiger partial charge < -0.3 is 15.3 Å². The van der Waals surface area contributed by atoms with Crippen molar-refractivity contribution >= 4 is 33.6 Å². The Labute approximate surface area is 106 Å². The average molecular weight is 297 g/mol. The number of rotatable bonds is 0. The van der Waals surface area contributed by atoms with Gasteiger partial charge in [0.05, 0.1) is 0 Å². The summed E-state index contributed by atoms with van der Waals surface area (Å²) in [6.07, 6.45) is -0.980. The Kier molecular flexibility index (Phi) is 2.01. The van der Waals surface area contributed by atoms with Gasteiger partial charge in [-0.05, 0) is 23.8 Å². The molecule has 2 aliphatic rings. The van der Waals surface area contributed by atoms with Gasteiger partial charge in [0.2, 0.25) is 5.91 Å². The SMILES string of the molecule is O=C(O)N1CC2(C1)C(=O)Nc1ccc(Br)cc12. The summed E-state index contributed by atoms with van der Waals surface area (Å²) in [5.74, 6) is -0.108. The smallest absolute Gasteiger partial charge is 0.407 e. The molecule has 0 aromatic heterocycles. The molecule has 2 N–H and O–H groups in total. The van der Waals surface area contributed by atoms with Crippen molar-refractivity contribution in [1.29, 1.82) is 0 Å². The number of halogens is 1. The van der Waals surface area contributed by atoms with Crippen LogP contribution in [0.5, 0.6) is 0 Å². The topological polar surface area (TPSA) is 69.6 Å². The molecule has 2 heterocycles. The molecule has 0 atom stereocenters. The summed E-state index contributed by atoms with van der Waals surface area (Å²) >= 11 is 3.36. The van der Waals surface area contributed by atoms with E-state index in [9.17, 15) is 9.59 Å². The summed E-state index contributed by atoms with van der Waals surface area (Å²) in [4.78, 5) is 24.0. The molecule has 0 unspecified atom stereocenters. The molecule has 1 aromatic carbocycles. The highest BCUT2D eigenvalue weighted by atomic mass is 79.9. The fraction of sp³-hybridized carbons (Fsp3) is 0.273. The Balaban J connectivity index is 2.01. The number of benzene rings is 1. The lowest BCUT2D eigenvalue weighted by Crippen LogP contribution is -2.64. The van der Waals surface area contributed by atoms with Crippen LogP contribution < -0.4 is 5.32 Å². The zero-order chi connectivity index (χ0) is 12.2. The molecule has 88 valence electrons. The molecule has 0 bridgehead atoms. The Morgan fingerprint density at radius 1 is 1.47 bits per heavy atom. The number of carbonyl (C=O) groups is 2. The molecule has 2 aliphatic heterocycles. The maximum atomic E-state index is 12.0. The third kappa shape index (κ3) is 1.30. The Morgan fingerprint density at radius 3 is 2.82 bits per heavy atom. The minimum atomic E-state index is -0.980. The molecule has 0 saturated carbocycles. The van der Waals surface area contributed by atoms with Gasteiger partial charge in [-0.2, -0.15) is 0 Å². The Hall–Kier alpha value is -1.56. The number of nitrogens with one attached hydrogen (secondary N) is 1. The molecule has 2 amide bonds. The minimum absolute atomic E-state index is 0.108. The van der Waals surface area contributed by atoms with Gasteiger partial charge in [0.25, 0.3) is 0 Å². The van der Waals surface area contributed by atoms with Gasteiger partial charge in [-0.3, -0.25) is 4.79 Å². The number of fused-ring (bicyclic) bond motifs is 2. The number of hydrogen-bond donors (Lipinski definition) is 2. The number of likely N-dealkylation sites (tertiary alicyclic amines) is 1. The molecular weight excluding hydrogens is 288 g/mol. The van der Waals surface area contributed by atoms with Crippen LogP contribution in [-0.4, -0.2) is 35.1 Å². The summed E-state index contributed by atoms with van der Waals surface area (Å²) in [7, 11) is 0. The predicted molar refractivity (Wildman–Crippen MR) is 64.0 cm³/mol. The van der Waals surface area contributed by atoms with E-state index >= 15 is 0 Å². The first-order valence-electron chi connectivity index (χ1n) is 5.12. The fourth-order valence-electron chi connectivity index (χ4n) is 2.44. The van der Waals surface area contributed by atoms with E-state index in [4.69, 9.17) is 5.11 Å². The fourth-order valence-corrected chi connectivity index (χ4v) is 2.80. The highest BCUT2D eigenvalue weighted by molar-refractivity contribution is 9.10. The van der Waals surface area contributed by atoms with Crippen LogP contribution in [-0.2, 0) is 10.2 Å². The molecule has 3 rings (SSSR count). The van der Waals surface area contributed by atoms with Crippen LogP contribution in [0.4, 0.5) is 10.5 Å². The van der Waals surface area contributed by atoms with Crippen molar-refractivity contribution in [3.8, 4) is 0 Å². The normalized spacial score (nSPS) is 19.8. The molecule has 0 aliphatic carbocycles. The zero-order valence-corrected chi connectivity index (χ0v) is 10.3. The molecule has 1 aromatic rings. The van der Waals surface area contributed by atoms with E-state index in [2.05, 4.69) is 21.2 Å². The first kappa shape index (κ1) is 10.6. The summed E-state index contributed by atoms with van der Waals surface area (Å²) in [6.45, 7) is 0.467. The number of carboxylic acid groups (broad SMARTS) is 1. The number of amides is 2. The van der Waals surface area contributed by atoms with E-state index in [1.807, 2.05) is 18.2 Å². The first-order valence-corrected chi connectivity index (χ1v) is 5.92. The lowest BCUT2D eigenvalue weighted by Gasteiger charge is -2.44. The van der Waals surface area contributed by atoms with Crippen molar-refractivity contribution in [2.24, 2.45) is 0 Å². The van der Waals surface area contributed by atoms with Crippen LogP contribution in [0.25, 0.3) is 0 Å². The molecule has 1 fully saturated rings. The third-order valence-electron chi connectivity index (χ3n) is 3.37. The van der Waals surface area contributed by atoms with Crippen molar-refractivity contribution < 1.29 is 14.7 Å². The van der Waals surface area contributed by atoms with Crippen LogP contribution >= 0.6 is 15.9 Å². The maximum absolute atomic E-state index is 12.0. The first-order chi connectivity index (χ1) is 8.03. The Bertz CT molecular complexity index is 538. The van der Waals surface area contributed by atoms with Crippen LogP contribution in [0.2, 0.25) is 0 Å². The van der Waals surface area contributed by atoms with Gasteiger partial charge in [-0.1, -0.05) is 15.9 Å². The van der Waals surface area contributed by atoms with Crippen molar-refractivity contribution in [2.75, 3.05) is 18.4 Å². The van der Waals surface area contributed by atoms with Gasteiger partial charge >= 0.3 is 6.09 Å². The molecule has 1 spiro atoms. The lowest BCUT2D eigenvalue weighted by atomic mass is 9.75. The molecule has 1 saturated heterocycles. The van der Waals surface area contributed by atoms with Crippen molar-refractivity contribution in [1.82, 2.24) is 4.90 Å². The van der Waals surface area contributed by atoms with Crippen LogP contribution in [0.1, 0.15) is 5.56 Å². The van der Waals surface area contributed by atoms with Gasteiger partial charge in [-0.25, -0.2) is 4.79 Å². The van der Waals surface area contributed by atoms with Gasteiger partial charge in [0.1, 0.15) is 5.41 Å². The highest BCUT2D eigenvalue weighted by Crippen LogP contribution is 2.45. The van der Waals surface area contributed by atoms with Crippen molar-refractivity contribution in [3.63, 3.8) is 0 Å². The quantitative estimate of drug-likeness (QED) is 0.764. The monoisotopic (exact) mass is 296 g/mol. The lowest BCUT2D eigenvalue weighted by molar-refractivity contribution is -0.125. The van der Waals surface area contributed by atoms with Gasteiger partial charge in [0, 0.05) is 23.2 Å². The highest BCUT2D eigenvalue weighted by Gasteiger charge is 2.56. The number of anilines is 1. The van der Waals surface area contributed by atoms with Crippen molar-refractivity contribution in [2.45, 2.75) is 5.41 Å². The largest absolute Gasteiger partial charge is 0.465 e. The van der Waals surface area contributed by atoms with Gasteiger partial charge in [0.15, 0.2) is 0 Å². The third-order valence-corrected chi connectivity index (χ3v) is 3.87. The van der Waals surface area contributed by atoms with Crippen LogP contribution in [0.3, 0.4) is 0 Å². The van der Waals surface area contributed by atoms with Gasteiger partial charge in [-0.15, -0.1) is 0 Å². The summed E-state index contributed by atoms with van der Waals surface area (Å²) in [6, 6.07) is 5.56. The van der Waals surface area contributed by atoms with E-state index < -0.39 is 11.5 Å². The summed E-state index contributed by atoms with van der Waals surface area (Å²) in [5, 5.41) is 11.6. The molecular formula is C11H9BrN2O3. The molecule has 0 radical (unpaired) electrons. The molecule has 17 heavy (non-hydrogen) atoms. The summed E-state index contributed by atoms with van der Waals surface area (Å²) in [5.41, 5.74) is 0.981. The van der Waals surface area contributed by atoms with E-state index in [0.29, 0.717) is 0 Å². The maximum Gasteiger partial charge on any atom is 0.407 e. The average Bonchev–Trinajstić information content (AvgIpc) is 2.47. The number of nitrogens with zero attached hydrogens (tertiary/aromatic N) is 1. The summed E-state index contributed by atoms with van der Waals surface area (Å²) < 4.78 is 0.890. The van der Waals surface area contributed by atoms with Crippen LogP contribution in [0, 0.1) is 0 Å². The van der Waals surface area contributed by atoms with E-state index in [1.54, 1.807) is 0 Å². The molecule has 5 nitrogen and oxygen atoms in total. The second kappa shape index (κ2) is 3.22. The minimum Gasteiger partial charge on any atom is -0.465 e. The van der Waals surface area contributed by atoms with Crippen molar-refractivity contribution in [3.05, 3.63) is 28.2 Å². The number of carbonyl (C=O) groups excluding carboxylic acids is 1. The van der Waals surface area contributed by atoms with E-state index in [1.165, 1.54) is 4.90 Å². The number of hydrogen-bond acceptors (Lipinski definition) is 2. The molecule has 6 heteroatoms. The Morgan fingerprint density at radius 2 is 2.18 bits per heavy atom.